The molecule has 0 spiro atoms. The van der Waals surface area contributed by atoms with Crippen molar-refractivity contribution in [3.63, 3.8) is 0 Å². The zero-order valence-corrected chi connectivity index (χ0v) is 31.3. The van der Waals surface area contributed by atoms with Crippen LogP contribution in [0.3, 0.4) is 0 Å². The summed E-state index contributed by atoms with van der Waals surface area (Å²) in [6.07, 6.45) is 6.24. The van der Waals surface area contributed by atoms with Crippen LogP contribution in [-0.4, -0.2) is 75.0 Å². The number of ketones is 1. The van der Waals surface area contributed by atoms with Crippen LogP contribution in [0.1, 0.15) is 97.0 Å². The summed E-state index contributed by atoms with van der Waals surface area (Å²) in [5.74, 6) is 0.704. The van der Waals surface area contributed by atoms with Crippen LogP contribution in [0.5, 0.6) is 0 Å². The van der Waals surface area contributed by atoms with Crippen LogP contribution < -0.4 is 0 Å². The van der Waals surface area contributed by atoms with Gasteiger partial charge in [0, 0.05) is 38.2 Å². The number of esters is 1. The van der Waals surface area contributed by atoms with Gasteiger partial charge in [-0.25, -0.2) is 0 Å². The molecule has 1 aromatic rings. The summed E-state index contributed by atoms with van der Waals surface area (Å²) in [6, 6.07) is 8.09. The molecule has 1 N–H and O–H groups in total. The molecule has 2 saturated carbocycles. The van der Waals surface area contributed by atoms with Gasteiger partial charge in [0.25, 0.3) is 0 Å². The van der Waals surface area contributed by atoms with Gasteiger partial charge in [0.2, 0.25) is 0 Å². The van der Waals surface area contributed by atoms with Gasteiger partial charge in [0.05, 0.1) is 18.6 Å². The van der Waals surface area contributed by atoms with E-state index in [9.17, 15) is 14.7 Å². The molecule has 3 fully saturated rings. The van der Waals surface area contributed by atoms with Gasteiger partial charge < -0.3 is 28.8 Å². The molecule has 1 heterocycles. The number of carbonyl (C=O) groups is 2. The van der Waals surface area contributed by atoms with E-state index in [1.165, 1.54) is 5.56 Å². The molecule has 3 aliphatic carbocycles. The average Bonchev–Trinajstić information content (AvgIpc) is 3.65. The number of hydrogen-bond acceptors (Lipinski definition) is 8. The van der Waals surface area contributed by atoms with Crippen molar-refractivity contribution >= 4 is 23.4 Å². The third-order valence-electron chi connectivity index (χ3n) is 12.2. The lowest BCUT2D eigenvalue weighted by Gasteiger charge is -2.44. The fourth-order valence-corrected chi connectivity index (χ4v) is 9.95. The van der Waals surface area contributed by atoms with E-state index in [4.69, 9.17) is 35.3 Å². The van der Waals surface area contributed by atoms with Crippen molar-refractivity contribution in [3.8, 4) is 0 Å². The monoisotopic (exact) mass is 702 g/mol. The number of hydrogen-bond donors (Lipinski definition) is 1. The number of carbonyl (C=O) groups excluding carboxylic acids is 2. The Labute approximate surface area is 298 Å². The lowest BCUT2D eigenvalue weighted by Crippen LogP contribution is -2.50. The first-order chi connectivity index (χ1) is 23.5. The number of allylic oxidation sites excluding steroid dienone is 2. The molecule has 1 aromatic carbocycles. The van der Waals surface area contributed by atoms with Gasteiger partial charge in [-0.15, -0.1) is 0 Å². The van der Waals surface area contributed by atoms with Gasteiger partial charge in [0.15, 0.2) is 12.1 Å². The number of rotatable bonds is 11. The van der Waals surface area contributed by atoms with E-state index >= 15 is 0 Å². The Bertz CT molecular complexity index is 1280. The smallest absolute Gasteiger partial charge is 0.306 e. The standard InChI is InChI=1S/C40H59ClO8/c1-8-27-12-10-9-11-23(4)36(43)33-20-31-29-19-28(49-40(44)39(47-7)38(46-6)37(45-5)22(2)3)17-25(29)18-30(24-13-15-26(41)16-14-24)35(31)32(33)21-34(42)48-27/h13-16,20,22-23,25,27-32,35,37-40,44H,8-12,17-19,21H2,1-7H3/t23-,25?,27+,28-,29-,30?,31?,32-,35?,37?,38?,39?,40?/m1/s1. The quantitative estimate of drug-likeness (QED) is 0.187. The van der Waals surface area contributed by atoms with Gasteiger partial charge in [-0.2, -0.15) is 0 Å². The minimum atomic E-state index is -1.21. The molecule has 1 saturated heterocycles. The lowest BCUT2D eigenvalue weighted by atomic mass is 9.59. The van der Waals surface area contributed by atoms with Crippen LogP contribution in [0.25, 0.3) is 0 Å². The summed E-state index contributed by atoms with van der Waals surface area (Å²) in [5, 5.41) is 12.1. The van der Waals surface area contributed by atoms with Gasteiger partial charge >= 0.3 is 5.97 Å². The number of methoxy groups -OCH3 is 3. The fraction of sp³-hybridized carbons (Fsp3) is 0.750. The molecular formula is C40H59ClO8. The Morgan fingerprint density at radius 3 is 2.22 bits per heavy atom. The second kappa shape index (κ2) is 17.1. The molecule has 9 heteroatoms. The lowest BCUT2D eigenvalue weighted by molar-refractivity contribution is -0.236. The van der Waals surface area contributed by atoms with Gasteiger partial charge in [-0.1, -0.05) is 63.9 Å². The van der Waals surface area contributed by atoms with Crippen LogP contribution in [0.2, 0.25) is 5.02 Å². The highest BCUT2D eigenvalue weighted by Gasteiger charge is 2.56. The predicted molar refractivity (Wildman–Crippen MR) is 189 cm³/mol. The first-order valence-electron chi connectivity index (χ1n) is 18.6. The zero-order chi connectivity index (χ0) is 35.4. The number of aliphatic hydroxyl groups excluding tert-OH is 1. The van der Waals surface area contributed by atoms with E-state index < -0.39 is 18.5 Å². The predicted octanol–water partition coefficient (Wildman–Crippen LogP) is 7.54. The Morgan fingerprint density at radius 2 is 1.59 bits per heavy atom. The third-order valence-corrected chi connectivity index (χ3v) is 12.5. The summed E-state index contributed by atoms with van der Waals surface area (Å²) in [7, 11) is 4.80. The number of aliphatic hydroxyl groups is 1. The Morgan fingerprint density at radius 1 is 0.918 bits per heavy atom. The molecule has 8 nitrogen and oxygen atoms in total. The van der Waals surface area contributed by atoms with E-state index in [0.29, 0.717) is 10.9 Å². The summed E-state index contributed by atoms with van der Waals surface area (Å²) in [5.41, 5.74) is 2.00. The number of cyclic esters (lactones) is 1. The van der Waals surface area contributed by atoms with Crippen molar-refractivity contribution in [2.45, 2.75) is 128 Å². The number of Topliss-reactive ketones (excluding diaryl/α,β-unsaturated/α-hetero) is 1. The molecule has 274 valence electrons. The molecule has 49 heavy (non-hydrogen) atoms. The van der Waals surface area contributed by atoms with Crippen molar-refractivity contribution < 1.29 is 38.4 Å². The number of ether oxygens (including phenoxy) is 5. The second-order valence-corrected chi connectivity index (χ2v) is 15.9. The van der Waals surface area contributed by atoms with Crippen LogP contribution in [0.15, 0.2) is 35.9 Å². The topological polar surface area (TPSA) is 101 Å². The minimum absolute atomic E-state index is 0.0749. The van der Waals surface area contributed by atoms with E-state index in [1.54, 1.807) is 21.3 Å². The highest BCUT2D eigenvalue weighted by Crippen LogP contribution is 2.61. The number of halogens is 1. The van der Waals surface area contributed by atoms with Gasteiger partial charge in [-0.05, 0) is 104 Å². The van der Waals surface area contributed by atoms with Gasteiger partial charge in [0.1, 0.15) is 18.3 Å². The molecule has 13 atom stereocenters. The molecule has 0 amide bonds. The first kappa shape index (κ1) is 38.4. The SMILES string of the molecule is CC[C@H]1CCCC[C@@H](C)C(=O)C2=CC3C(C(c4ccc(Cl)cc4)CC4C[C@@H](OC(O)C(OC)C(OC)C(OC)C(C)C)C[C@H]43)[C@@H]2CC(=O)O1. The minimum Gasteiger partial charge on any atom is -0.462 e. The van der Waals surface area contributed by atoms with Crippen molar-refractivity contribution in [3.05, 3.63) is 46.5 Å². The van der Waals surface area contributed by atoms with Crippen LogP contribution in [-0.2, 0) is 33.3 Å². The summed E-state index contributed by atoms with van der Waals surface area (Å²) in [6.45, 7) is 8.22. The maximum absolute atomic E-state index is 14.2. The van der Waals surface area contributed by atoms with Crippen molar-refractivity contribution in [1.82, 2.24) is 0 Å². The molecule has 0 bridgehead atoms. The summed E-state index contributed by atoms with van der Waals surface area (Å²) >= 11 is 6.35. The molecule has 0 aromatic heterocycles. The van der Waals surface area contributed by atoms with Crippen molar-refractivity contribution in [2.24, 2.45) is 41.4 Å². The molecule has 0 radical (unpaired) electrons. The maximum Gasteiger partial charge on any atom is 0.306 e. The Balaban J connectivity index is 1.45. The first-order valence-corrected chi connectivity index (χ1v) is 19.0. The van der Waals surface area contributed by atoms with Crippen LogP contribution >= 0.6 is 11.6 Å². The van der Waals surface area contributed by atoms with Gasteiger partial charge in [-0.3, -0.25) is 9.59 Å². The van der Waals surface area contributed by atoms with Crippen molar-refractivity contribution in [2.75, 3.05) is 21.3 Å². The molecule has 4 aliphatic rings. The van der Waals surface area contributed by atoms with Crippen LogP contribution in [0, 0.1) is 41.4 Å². The molecule has 5 rings (SSSR count). The second-order valence-electron chi connectivity index (χ2n) is 15.4. The molecule has 1 aliphatic heterocycles. The zero-order valence-electron chi connectivity index (χ0n) is 30.5. The summed E-state index contributed by atoms with van der Waals surface area (Å²) < 4.78 is 29.8. The molecule has 8 unspecified atom stereocenters. The third kappa shape index (κ3) is 8.47. The van der Waals surface area contributed by atoms with E-state index in [-0.39, 0.29) is 77.9 Å². The average molecular weight is 703 g/mol. The number of fused-ring (bicyclic) bond motifs is 5. The molecular weight excluding hydrogens is 644 g/mol. The van der Waals surface area contributed by atoms with Crippen LogP contribution in [0.4, 0.5) is 0 Å². The highest BCUT2D eigenvalue weighted by atomic mass is 35.5. The van der Waals surface area contributed by atoms with E-state index in [0.717, 1.165) is 56.9 Å². The van der Waals surface area contributed by atoms with Crippen molar-refractivity contribution in [1.29, 1.82) is 0 Å². The highest BCUT2D eigenvalue weighted by molar-refractivity contribution is 6.30. The summed E-state index contributed by atoms with van der Waals surface area (Å²) in [4.78, 5) is 27.8. The fourth-order valence-electron chi connectivity index (χ4n) is 9.82. The number of benzene rings is 1. The normalized spacial score (nSPS) is 34.8. The van der Waals surface area contributed by atoms with E-state index in [2.05, 4.69) is 32.1 Å². The van der Waals surface area contributed by atoms with E-state index in [1.807, 2.05) is 26.0 Å². The maximum atomic E-state index is 14.2. The Hall–Kier alpha value is -1.81. The Kier molecular flexibility index (Phi) is 13.4. The largest absolute Gasteiger partial charge is 0.462 e.